The van der Waals surface area contributed by atoms with Gasteiger partial charge in [0.1, 0.15) is 10.7 Å². The van der Waals surface area contributed by atoms with Crippen molar-refractivity contribution in [3.05, 3.63) is 35.0 Å². The van der Waals surface area contributed by atoms with Gasteiger partial charge in [0.25, 0.3) is 0 Å². The number of piperidine rings is 1. The molecule has 3 aliphatic rings. The summed E-state index contributed by atoms with van der Waals surface area (Å²) < 4.78 is 12.7. The Morgan fingerprint density at radius 1 is 1.06 bits per heavy atom. The zero-order valence-corrected chi connectivity index (χ0v) is 19.7. The molecule has 0 aliphatic carbocycles. The number of likely N-dealkylation sites (N-methyl/N-ethyl adjacent to an activating group) is 1. The van der Waals surface area contributed by atoms with Crippen molar-refractivity contribution in [2.24, 2.45) is 0 Å². The van der Waals surface area contributed by atoms with E-state index in [2.05, 4.69) is 15.1 Å². The number of fused-ring (bicyclic) bond motifs is 1. The number of carbonyl (C=O) groups excluding carboxylic acids is 1. The summed E-state index contributed by atoms with van der Waals surface area (Å²) in [5, 5.41) is 4.23. The maximum atomic E-state index is 12.7. The van der Waals surface area contributed by atoms with Crippen molar-refractivity contribution in [1.82, 2.24) is 14.9 Å². The first kappa shape index (κ1) is 21.5. The Morgan fingerprint density at radius 2 is 1.78 bits per heavy atom. The molecule has 0 radical (unpaired) electrons. The van der Waals surface area contributed by atoms with E-state index in [0.29, 0.717) is 36.9 Å². The van der Waals surface area contributed by atoms with Crippen molar-refractivity contribution in [3.8, 4) is 0 Å². The Morgan fingerprint density at radius 3 is 2.50 bits per heavy atom. The number of anilines is 3. The van der Waals surface area contributed by atoms with Gasteiger partial charge in [0.2, 0.25) is 11.9 Å². The summed E-state index contributed by atoms with van der Waals surface area (Å²) >= 11 is 6.02. The van der Waals surface area contributed by atoms with Crippen LogP contribution >= 0.6 is 11.6 Å². The minimum atomic E-state index is -1.08. The fourth-order valence-corrected chi connectivity index (χ4v) is 6.00. The first-order valence-corrected chi connectivity index (χ1v) is 12.7. The molecule has 3 aliphatic heterocycles. The van der Waals surface area contributed by atoms with Crippen LogP contribution in [0.5, 0.6) is 0 Å². The smallest absolute Gasteiger partial charge is 0.227 e. The molecule has 0 bridgehead atoms. The zero-order valence-electron chi connectivity index (χ0n) is 18.1. The third-order valence-corrected chi connectivity index (χ3v) is 8.11. The minimum Gasteiger partial charge on any atom is -0.368 e. The molecule has 2 fully saturated rings. The van der Waals surface area contributed by atoms with Crippen LogP contribution in [0, 0.1) is 0 Å². The predicted molar refractivity (Wildman–Crippen MR) is 127 cm³/mol. The lowest BCUT2D eigenvalue weighted by Gasteiger charge is -2.36. The summed E-state index contributed by atoms with van der Waals surface area (Å²) in [5.74, 6) is 2.13. The van der Waals surface area contributed by atoms with Gasteiger partial charge in [-0.2, -0.15) is 4.98 Å². The van der Waals surface area contributed by atoms with Crippen molar-refractivity contribution >= 4 is 45.8 Å². The van der Waals surface area contributed by atoms with E-state index in [1.807, 2.05) is 31.3 Å². The van der Waals surface area contributed by atoms with Gasteiger partial charge in [-0.15, -0.1) is 0 Å². The molecular formula is C22H27ClN6O2S. The molecule has 1 aromatic heterocycles. The number of piperazine rings is 1. The fraction of sp³-hybridized carbons (Fsp3) is 0.500. The van der Waals surface area contributed by atoms with E-state index in [1.165, 1.54) is 0 Å². The van der Waals surface area contributed by atoms with E-state index in [-0.39, 0.29) is 11.9 Å². The Labute approximate surface area is 195 Å². The van der Waals surface area contributed by atoms with E-state index < -0.39 is 10.8 Å². The van der Waals surface area contributed by atoms with Crippen molar-refractivity contribution < 1.29 is 9.00 Å². The number of benzene rings is 1. The molecule has 5 rings (SSSR count). The van der Waals surface area contributed by atoms with E-state index >= 15 is 0 Å². The monoisotopic (exact) mass is 474 g/mol. The summed E-state index contributed by atoms with van der Waals surface area (Å²) in [6, 6.07) is 8.03. The highest BCUT2D eigenvalue weighted by Crippen LogP contribution is 2.31. The fourth-order valence-electron chi connectivity index (χ4n) is 4.56. The molecule has 1 N–H and O–H groups in total. The molecule has 1 unspecified atom stereocenters. The van der Waals surface area contributed by atoms with Gasteiger partial charge in [0.05, 0.1) is 16.5 Å². The van der Waals surface area contributed by atoms with Crippen molar-refractivity contribution in [1.29, 1.82) is 0 Å². The van der Waals surface area contributed by atoms with Gasteiger partial charge in [-0.05, 0) is 30.7 Å². The first-order chi connectivity index (χ1) is 15.5. The lowest BCUT2D eigenvalue weighted by molar-refractivity contribution is -0.132. The molecule has 170 valence electrons. The van der Waals surface area contributed by atoms with Crippen LogP contribution in [-0.2, 0) is 22.0 Å². The van der Waals surface area contributed by atoms with Gasteiger partial charge in [-0.3, -0.25) is 9.00 Å². The van der Waals surface area contributed by atoms with E-state index in [9.17, 15) is 9.00 Å². The Kier molecular flexibility index (Phi) is 5.94. The molecule has 8 nitrogen and oxygen atoms in total. The number of hydrogen-bond acceptors (Lipinski definition) is 7. The topological polar surface area (TPSA) is 81.7 Å². The largest absolute Gasteiger partial charge is 0.368 e. The van der Waals surface area contributed by atoms with Crippen LogP contribution in [0.4, 0.5) is 17.5 Å². The van der Waals surface area contributed by atoms with Crippen molar-refractivity contribution in [2.75, 3.05) is 60.6 Å². The Bertz CT molecular complexity index is 1040. The van der Waals surface area contributed by atoms with Gasteiger partial charge in [-0.1, -0.05) is 11.6 Å². The van der Waals surface area contributed by atoms with Gasteiger partial charge >= 0.3 is 0 Å². The van der Waals surface area contributed by atoms with Crippen LogP contribution in [0.15, 0.2) is 29.2 Å². The number of rotatable bonds is 4. The number of carbonyl (C=O) groups is 1. The number of hydrogen-bond donors (Lipinski definition) is 1. The van der Waals surface area contributed by atoms with Crippen LogP contribution in [0.1, 0.15) is 18.5 Å². The highest BCUT2D eigenvalue weighted by atomic mass is 35.5. The van der Waals surface area contributed by atoms with Gasteiger partial charge in [-0.25, -0.2) is 4.98 Å². The summed E-state index contributed by atoms with van der Waals surface area (Å²) in [6.07, 6.45) is 1.98. The average molecular weight is 475 g/mol. The molecular weight excluding hydrogens is 448 g/mol. The van der Waals surface area contributed by atoms with Crippen LogP contribution < -0.4 is 15.1 Å². The number of likely N-dealkylation sites (tertiary alicyclic amines) is 1. The quantitative estimate of drug-likeness (QED) is 0.727. The van der Waals surface area contributed by atoms with Crippen LogP contribution in [0.25, 0.3) is 0 Å². The maximum absolute atomic E-state index is 12.7. The standard InChI is InChI=1S/C22H27ClN6O2S/c1-27-14-16(4-7-19(27)30)24-21-20-18(8-13-32(20)31)25-22(26-21)29-11-9-28(10-12-29)17-5-2-15(23)3-6-17/h2-3,5-6,16H,4,7-14H2,1H3,(H,24,25,26)/t16?,32-/m1/s1. The summed E-state index contributed by atoms with van der Waals surface area (Å²) in [5.41, 5.74) is 2.05. The first-order valence-electron chi connectivity index (χ1n) is 11.0. The molecule has 0 saturated carbocycles. The molecule has 2 saturated heterocycles. The van der Waals surface area contributed by atoms with Crippen LogP contribution in [0.2, 0.25) is 5.02 Å². The number of halogens is 1. The molecule has 0 spiro atoms. The molecule has 4 heterocycles. The number of aryl methyl sites for hydroxylation is 1. The predicted octanol–water partition coefficient (Wildman–Crippen LogP) is 2.15. The van der Waals surface area contributed by atoms with Crippen molar-refractivity contribution in [3.63, 3.8) is 0 Å². The molecule has 1 amide bonds. The van der Waals surface area contributed by atoms with E-state index in [4.69, 9.17) is 21.6 Å². The Hall–Kier alpha value is -2.39. The van der Waals surface area contributed by atoms with Crippen LogP contribution in [0.3, 0.4) is 0 Å². The highest BCUT2D eigenvalue weighted by Gasteiger charge is 2.31. The number of amides is 1. The minimum absolute atomic E-state index is 0.101. The lowest BCUT2D eigenvalue weighted by atomic mass is 10.1. The second-order valence-corrected chi connectivity index (χ2v) is 10.5. The second kappa shape index (κ2) is 8.86. The van der Waals surface area contributed by atoms with E-state index in [1.54, 1.807) is 4.90 Å². The Balaban J connectivity index is 1.34. The molecule has 2 atom stereocenters. The van der Waals surface area contributed by atoms with Gasteiger partial charge in [0.15, 0.2) is 0 Å². The number of nitrogens with zero attached hydrogens (tertiary/aromatic N) is 5. The third-order valence-electron chi connectivity index (χ3n) is 6.40. The normalized spacial score (nSPS) is 23.4. The third kappa shape index (κ3) is 4.28. The second-order valence-electron chi connectivity index (χ2n) is 8.55. The zero-order chi connectivity index (χ0) is 22.2. The van der Waals surface area contributed by atoms with Gasteiger partial charge in [0, 0.05) is 75.1 Å². The van der Waals surface area contributed by atoms with Gasteiger partial charge < -0.3 is 20.0 Å². The summed E-state index contributed by atoms with van der Waals surface area (Å²) in [7, 11) is 0.743. The summed E-state index contributed by atoms with van der Waals surface area (Å²) in [6.45, 7) is 3.98. The molecule has 2 aromatic rings. The molecule has 32 heavy (non-hydrogen) atoms. The summed E-state index contributed by atoms with van der Waals surface area (Å²) in [4.78, 5) is 28.5. The number of aromatic nitrogens is 2. The molecule has 1 aromatic carbocycles. The average Bonchev–Trinajstić information content (AvgIpc) is 3.18. The van der Waals surface area contributed by atoms with E-state index in [0.717, 1.165) is 53.9 Å². The SMILES string of the molecule is CN1CC(Nc2nc(N3CCN(c4ccc(Cl)cc4)CC3)nc3c2[S@](=O)CC3)CCC1=O. The highest BCUT2D eigenvalue weighted by molar-refractivity contribution is 7.85. The lowest BCUT2D eigenvalue weighted by Crippen LogP contribution is -2.47. The van der Waals surface area contributed by atoms with Crippen LogP contribution in [-0.4, -0.2) is 76.6 Å². The molecule has 10 heteroatoms. The number of nitrogens with one attached hydrogen (secondary N) is 1. The maximum Gasteiger partial charge on any atom is 0.227 e. The van der Waals surface area contributed by atoms with Crippen molar-refractivity contribution in [2.45, 2.75) is 30.2 Å².